The molecule has 1 aliphatic rings. The second-order valence-corrected chi connectivity index (χ2v) is 4.26. The van der Waals surface area contributed by atoms with Gasteiger partial charge < -0.3 is 9.84 Å². The minimum absolute atomic E-state index is 0.0772. The molecule has 0 aliphatic carbocycles. The third-order valence-electron chi connectivity index (χ3n) is 2.96. The van der Waals surface area contributed by atoms with Crippen LogP contribution in [0.3, 0.4) is 0 Å². The summed E-state index contributed by atoms with van der Waals surface area (Å²) in [6, 6.07) is 5.40. The van der Waals surface area contributed by atoms with Gasteiger partial charge in [-0.25, -0.2) is 0 Å². The molecule has 1 aromatic rings. The minimum atomic E-state index is 0.0772. The Morgan fingerprint density at radius 2 is 2.47 bits per heavy atom. The van der Waals surface area contributed by atoms with Crippen LogP contribution in [0.15, 0.2) is 18.2 Å². The molecule has 0 fully saturated rings. The molecule has 0 radical (unpaired) electrons. The quantitative estimate of drug-likeness (QED) is 0.781. The smallest absolute Gasteiger partial charge is 0.127 e. The van der Waals surface area contributed by atoms with Gasteiger partial charge in [-0.2, -0.15) is 0 Å². The van der Waals surface area contributed by atoms with Gasteiger partial charge in [-0.3, -0.25) is 5.32 Å². The number of fused-ring (bicyclic) bond motifs is 1. The van der Waals surface area contributed by atoms with Crippen molar-refractivity contribution in [2.45, 2.75) is 31.8 Å². The van der Waals surface area contributed by atoms with Crippen molar-refractivity contribution in [3.05, 3.63) is 23.8 Å². The number of ether oxygens (including phenoxy) is 1. The van der Waals surface area contributed by atoms with Crippen molar-refractivity contribution in [2.24, 2.45) is 0 Å². The maximum Gasteiger partial charge on any atom is 0.127 e. The van der Waals surface area contributed by atoms with Crippen LogP contribution in [0.1, 0.15) is 31.4 Å². The van der Waals surface area contributed by atoms with Crippen LogP contribution in [-0.2, 0) is 0 Å². The normalized spacial score (nSPS) is 19.2. The maximum absolute atomic E-state index is 9.36. The van der Waals surface area contributed by atoms with Gasteiger partial charge in [0.05, 0.1) is 12.1 Å². The summed E-state index contributed by atoms with van der Waals surface area (Å²) in [5.41, 5.74) is 1.07. The molecule has 1 heterocycles. The fourth-order valence-electron chi connectivity index (χ4n) is 2.08. The molecule has 1 aromatic carbocycles. The van der Waals surface area contributed by atoms with Crippen molar-refractivity contribution in [3.63, 3.8) is 0 Å². The lowest BCUT2D eigenvalue weighted by Crippen LogP contribution is -2.32. The summed E-state index contributed by atoms with van der Waals surface area (Å²) in [4.78, 5) is 0. The molecule has 0 bridgehead atoms. The molecule has 2 atom stereocenters. The molecule has 2 N–H and O–H groups in total. The first-order chi connectivity index (χ1) is 8.24. The zero-order valence-electron chi connectivity index (χ0n) is 9.94. The van der Waals surface area contributed by atoms with E-state index in [4.69, 9.17) is 11.2 Å². The highest BCUT2D eigenvalue weighted by molar-refractivity contribution is 5.44. The highest BCUT2D eigenvalue weighted by atomic mass is 16.5. The highest BCUT2D eigenvalue weighted by Crippen LogP contribution is 2.35. The Kier molecular flexibility index (Phi) is 3.55. The summed E-state index contributed by atoms with van der Waals surface area (Å²) in [7, 11) is 0. The van der Waals surface area contributed by atoms with Gasteiger partial charge in [-0.15, -0.1) is 6.42 Å². The second-order valence-electron chi connectivity index (χ2n) is 4.26. The summed E-state index contributed by atoms with van der Waals surface area (Å²) < 4.78 is 5.52. The monoisotopic (exact) mass is 231 g/mol. The first-order valence-electron chi connectivity index (χ1n) is 5.92. The molecule has 0 amide bonds. The van der Waals surface area contributed by atoms with Crippen molar-refractivity contribution < 1.29 is 9.84 Å². The molecule has 1 aliphatic heterocycles. The van der Waals surface area contributed by atoms with Crippen LogP contribution < -0.4 is 10.1 Å². The fourth-order valence-corrected chi connectivity index (χ4v) is 2.08. The highest BCUT2D eigenvalue weighted by Gasteiger charge is 2.25. The molecule has 0 spiro atoms. The lowest BCUT2D eigenvalue weighted by molar-refractivity contribution is 0.302. The Labute approximate surface area is 102 Å². The molecule has 90 valence electrons. The van der Waals surface area contributed by atoms with Gasteiger partial charge in [0, 0.05) is 11.6 Å². The van der Waals surface area contributed by atoms with Crippen LogP contribution in [0.5, 0.6) is 11.5 Å². The molecule has 0 saturated carbocycles. The first-order valence-corrected chi connectivity index (χ1v) is 5.92. The summed E-state index contributed by atoms with van der Waals surface area (Å²) >= 11 is 0. The molecule has 0 saturated heterocycles. The number of phenols is 1. The van der Waals surface area contributed by atoms with E-state index in [1.807, 2.05) is 6.07 Å². The number of terminal acetylenes is 1. The van der Waals surface area contributed by atoms with Crippen LogP contribution in [0.4, 0.5) is 0 Å². The number of benzene rings is 1. The number of hydrogen-bond acceptors (Lipinski definition) is 3. The number of phenolic OH excluding ortho intramolecular Hbond substituents is 1. The van der Waals surface area contributed by atoms with Crippen molar-refractivity contribution in [3.8, 4) is 23.8 Å². The molecule has 17 heavy (non-hydrogen) atoms. The number of hydrogen-bond donors (Lipinski definition) is 2. The van der Waals surface area contributed by atoms with Crippen molar-refractivity contribution >= 4 is 0 Å². The summed E-state index contributed by atoms with van der Waals surface area (Å²) in [6.07, 6.45) is 7.50. The average molecular weight is 231 g/mol. The SMILES string of the molecule is C#CC(CCC)NC1COc2cc(O)ccc21. The standard InChI is InChI=1S/C14H17NO2/c1-3-5-10(4-2)15-13-9-17-14-8-11(16)6-7-12(13)14/h2,6-8,10,13,15-16H,3,5,9H2,1H3. The van der Waals surface area contributed by atoms with E-state index in [0.29, 0.717) is 6.61 Å². The summed E-state index contributed by atoms with van der Waals surface area (Å²) in [5.74, 6) is 3.73. The molecule has 2 unspecified atom stereocenters. The van der Waals surface area contributed by atoms with Gasteiger partial charge in [0.2, 0.25) is 0 Å². The molecule has 0 aromatic heterocycles. The Morgan fingerprint density at radius 1 is 1.65 bits per heavy atom. The number of nitrogens with one attached hydrogen (secondary N) is 1. The van der Waals surface area contributed by atoms with E-state index in [1.165, 1.54) is 0 Å². The largest absolute Gasteiger partial charge is 0.508 e. The molecule has 3 heteroatoms. The van der Waals surface area contributed by atoms with Crippen LogP contribution in [-0.4, -0.2) is 17.8 Å². The van der Waals surface area contributed by atoms with Gasteiger partial charge >= 0.3 is 0 Å². The summed E-state index contributed by atoms with van der Waals surface area (Å²) in [5, 5.41) is 12.8. The van der Waals surface area contributed by atoms with Crippen molar-refractivity contribution in [2.75, 3.05) is 6.61 Å². The lowest BCUT2D eigenvalue weighted by atomic mass is 10.1. The van der Waals surface area contributed by atoms with E-state index in [1.54, 1.807) is 12.1 Å². The fraction of sp³-hybridized carbons (Fsp3) is 0.429. The zero-order valence-corrected chi connectivity index (χ0v) is 9.94. The Bertz CT molecular complexity index is 436. The molecular formula is C14H17NO2. The van der Waals surface area contributed by atoms with Gasteiger partial charge in [0.1, 0.15) is 18.1 Å². The van der Waals surface area contributed by atoms with E-state index in [2.05, 4.69) is 18.2 Å². The second kappa shape index (κ2) is 5.11. The third kappa shape index (κ3) is 2.54. The maximum atomic E-state index is 9.36. The van der Waals surface area contributed by atoms with Crippen LogP contribution in [0.2, 0.25) is 0 Å². The zero-order chi connectivity index (χ0) is 12.3. The topological polar surface area (TPSA) is 41.5 Å². The number of rotatable bonds is 4. The lowest BCUT2D eigenvalue weighted by Gasteiger charge is -2.17. The van der Waals surface area contributed by atoms with E-state index in [0.717, 1.165) is 24.2 Å². The van der Waals surface area contributed by atoms with Gasteiger partial charge in [-0.1, -0.05) is 19.3 Å². The minimum Gasteiger partial charge on any atom is -0.508 e. The van der Waals surface area contributed by atoms with E-state index >= 15 is 0 Å². The van der Waals surface area contributed by atoms with E-state index in [9.17, 15) is 5.11 Å². The Balaban J connectivity index is 2.09. The Hall–Kier alpha value is -1.66. The third-order valence-corrected chi connectivity index (χ3v) is 2.96. The van der Waals surface area contributed by atoms with Crippen molar-refractivity contribution in [1.82, 2.24) is 5.32 Å². The molecule has 2 rings (SSSR count). The van der Waals surface area contributed by atoms with Crippen LogP contribution >= 0.6 is 0 Å². The van der Waals surface area contributed by atoms with Crippen molar-refractivity contribution in [1.29, 1.82) is 0 Å². The Morgan fingerprint density at radius 3 is 3.18 bits per heavy atom. The predicted molar refractivity (Wildman–Crippen MR) is 67.0 cm³/mol. The van der Waals surface area contributed by atoms with Crippen LogP contribution in [0, 0.1) is 12.3 Å². The molecular weight excluding hydrogens is 214 g/mol. The summed E-state index contributed by atoms with van der Waals surface area (Å²) in [6.45, 7) is 2.68. The van der Waals surface area contributed by atoms with Gasteiger partial charge in [0.15, 0.2) is 0 Å². The van der Waals surface area contributed by atoms with Gasteiger partial charge in [-0.05, 0) is 18.6 Å². The van der Waals surface area contributed by atoms with Crippen LogP contribution in [0.25, 0.3) is 0 Å². The number of aromatic hydroxyl groups is 1. The predicted octanol–water partition coefficient (Wildman–Crippen LogP) is 2.22. The average Bonchev–Trinajstić information content (AvgIpc) is 2.71. The molecule has 3 nitrogen and oxygen atoms in total. The van der Waals surface area contributed by atoms with Gasteiger partial charge in [0.25, 0.3) is 0 Å². The van der Waals surface area contributed by atoms with E-state index in [-0.39, 0.29) is 17.8 Å². The first kappa shape index (κ1) is 11.8. The van der Waals surface area contributed by atoms with E-state index < -0.39 is 0 Å².